The first-order valence-electron chi connectivity index (χ1n) is 8.54. The Balaban J connectivity index is 1.52. The van der Waals surface area contributed by atoms with Gasteiger partial charge < -0.3 is 10.2 Å². The normalized spacial score (nSPS) is 24.2. The molecule has 1 aromatic rings. The average Bonchev–Trinajstić information content (AvgIpc) is 3.30. The fourth-order valence-electron chi connectivity index (χ4n) is 3.35. The number of piperazine rings is 1. The van der Waals surface area contributed by atoms with E-state index in [2.05, 4.69) is 38.5 Å². The van der Waals surface area contributed by atoms with Crippen LogP contribution in [-0.4, -0.2) is 53.6 Å². The summed E-state index contributed by atoms with van der Waals surface area (Å²) in [6.07, 6.45) is 2.07. The number of aryl methyl sites for hydroxylation is 1. The van der Waals surface area contributed by atoms with Crippen LogP contribution in [0, 0.1) is 24.2 Å². The van der Waals surface area contributed by atoms with Crippen LogP contribution in [0.15, 0.2) is 5.38 Å². The molecule has 2 fully saturated rings. The van der Waals surface area contributed by atoms with Crippen LogP contribution in [-0.2, 0) is 4.79 Å². The second-order valence-corrected chi connectivity index (χ2v) is 8.02. The van der Waals surface area contributed by atoms with Crippen LogP contribution in [0.3, 0.4) is 0 Å². The highest BCUT2D eigenvalue weighted by Gasteiger charge is 2.43. The van der Waals surface area contributed by atoms with Crippen molar-refractivity contribution in [3.63, 3.8) is 0 Å². The van der Waals surface area contributed by atoms with Crippen LogP contribution in [0.2, 0.25) is 0 Å². The van der Waals surface area contributed by atoms with Gasteiger partial charge in [-0.15, -0.1) is 11.3 Å². The van der Waals surface area contributed by atoms with E-state index in [1.165, 1.54) is 0 Å². The van der Waals surface area contributed by atoms with Crippen molar-refractivity contribution in [1.82, 2.24) is 15.2 Å². The van der Waals surface area contributed by atoms with Crippen molar-refractivity contribution in [3.8, 4) is 6.07 Å². The summed E-state index contributed by atoms with van der Waals surface area (Å²) in [6.45, 7) is 8.93. The summed E-state index contributed by atoms with van der Waals surface area (Å²) in [7, 11) is 0. The molecule has 24 heavy (non-hydrogen) atoms. The van der Waals surface area contributed by atoms with E-state index in [-0.39, 0.29) is 5.91 Å². The molecule has 0 aromatic carbocycles. The van der Waals surface area contributed by atoms with Gasteiger partial charge in [0.1, 0.15) is 5.54 Å². The van der Waals surface area contributed by atoms with Crippen LogP contribution in [0.4, 0.5) is 5.13 Å². The lowest BCUT2D eigenvalue weighted by molar-refractivity contribution is -0.123. The minimum Gasteiger partial charge on any atom is -0.343 e. The Hall–Kier alpha value is -1.65. The van der Waals surface area contributed by atoms with Gasteiger partial charge in [0.05, 0.1) is 18.3 Å². The first-order valence-corrected chi connectivity index (χ1v) is 9.42. The summed E-state index contributed by atoms with van der Waals surface area (Å²) in [5, 5.41) is 15.4. The molecule has 0 radical (unpaired) electrons. The topological polar surface area (TPSA) is 72.3 Å². The smallest absolute Gasteiger partial charge is 0.235 e. The Kier molecular flexibility index (Phi) is 4.79. The third-order valence-corrected chi connectivity index (χ3v) is 5.95. The largest absolute Gasteiger partial charge is 0.343 e. The quantitative estimate of drug-likeness (QED) is 0.879. The predicted molar refractivity (Wildman–Crippen MR) is 95.0 cm³/mol. The standard InChI is InChI=1S/C17H25N5OS/c1-12-10-24-16(19-12)22-7-6-21(8-13(22)2)9-15(23)20-17(3,11-18)14-4-5-14/h10,13-14H,4-9H2,1-3H3,(H,20,23)/t13-,17-/m1/s1. The zero-order valence-electron chi connectivity index (χ0n) is 14.6. The van der Waals surface area contributed by atoms with Crippen molar-refractivity contribution in [1.29, 1.82) is 5.26 Å². The van der Waals surface area contributed by atoms with Gasteiger partial charge in [0, 0.05) is 31.1 Å². The zero-order chi connectivity index (χ0) is 17.3. The van der Waals surface area contributed by atoms with Gasteiger partial charge >= 0.3 is 0 Å². The molecule has 130 valence electrons. The maximum Gasteiger partial charge on any atom is 0.235 e. The second kappa shape index (κ2) is 6.69. The Bertz CT molecular complexity index is 650. The molecule has 1 saturated carbocycles. The van der Waals surface area contributed by atoms with E-state index >= 15 is 0 Å². The summed E-state index contributed by atoms with van der Waals surface area (Å²) in [5.41, 5.74) is 0.350. The summed E-state index contributed by atoms with van der Waals surface area (Å²) in [5.74, 6) is 0.270. The molecule has 1 amide bonds. The number of aromatic nitrogens is 1. The lowest BCUT2D eigenvalue weighted by atomic mass is 9.98. The fraction of sp³-hybridized carbons (Fsp3) is 0.706. The highest BCUT2D eigenvalue weighted by Crippen LogP contribution is 2.39. The minimum absolute atomic E-state index is 0.0447. The molecule has 1 aliphatic heterocycles. The predicted octanol–water partition coefficient (Wildman–Crippen LogP) is 1.77. The molecule has 7 heteroatoms. The van der Waals surface area contributed by atoms with Crippen LogP contribution >= 0.6 is 11.3 Å². The van der Waals surface area contributed by atoms with Crippen LogP contribution in [0.25, 0.3) is 0 Å². The third kappa shape index (κ3) is 3.70. The van der Waals surface area contributed by atoms with Gasteiger partial charge in [-0.25, -0.2) is 4.98 Å². The average molecular weight is 347 g/mol. The molecule has 2 atom stereocenters. The number of thiazole rings is 1. The molecular weight excluding hydrogens is 322 g/mol. The molecule has 6 nitrogen and oxygen atoms in total. The maximum absolute atomic E-state index is 12.4. The van der Waals surface area contributed by atoms with E-state index < -0.39 is 5.54 Å². The monoisotopic (exact) mass is 347 g/mol. The molecule has 1 aliphatic carbocycles. The third-order valence-electron chi connectivity index (χ3n) is 4.96. The van der Waals surface area contributed by atoms with E-state index in [4.69, 9.17) is 0 Å². The number of rotatable bonds is 5. The van der Waals surface area contributed by atoms with Gasteiger partial charge in [-0.1, -0.05) is 0 Å². The number of anilines is 1. The van der Waals surface area contributed by atoms with E-state index in [0.717, 1.165) is 43.3 Å². The van der Waals surface area contributed by atoms with Crippen molar-refractivity contribution in [2.75, 3.05) is 31.1 Å². The van der Waals surface area contributed by atoms with E-state index in [9.17, 15) is 10.1 Å². The Morgan fingerprint density at radius 3 is 2.83 bits per heavy atom. The van der Waals surface area contributed by atoms with E-state index in [0.29, 0.717) is 18.5 Å². The number of nitrogens with one attached hydrogen (secondary N) is 1. The zero-order valence-corrected chi connectivity index (χ0v) is 15.4. The van der Waals surface area contributed by atoms with Gasteiger partial charge in [-0.2, -0.15) is 5.26 Å². The van der Waals surface area contributed by atoms with Crippen LogP contribution in [0.1, 0.15) is 32.4 Å². The maximum atomic E-state index is 12.4. The Morgan fingerprint density at radius 2 is 2.29 bits per heavy atom. The summed E-state index contributed by atoms with van der Waals surface area (Å²) >= 11 is 1.68. The van der Waals surface area contributed by atoms with Gasteiger partial charge in [0.15, 0.2) is 5.13 Å². The molecule has 3 rings (SSSR count). The molecule has 2 heterocycles. The minimum atomic E-state index is -0.705. The van der Waals surface area contributed by atoms with Gasteiger partial charge in [-0.05, 0) is 39.5 Å². The number of carbonyl (C=O) groups is 1. The number of nitrogens with zero attached hydrogens (tertiary/aromatic N) is 4. The molecule has 0 unspecified atom stereocenters. The number of carbonyl (C=O) groups excluding carboxylic acids is 1. The molecular formula is C17H25N5OS. The first-order chi connectivity index (χ1) is 11.4. The molecule has 2 aliphatic rings. The summed E-state index contributed by atoms with van der Waals surface area (Å²) < 4.78 is 0. The van der Waals surface area contributed by atoms with Crippen molar-refractivity contribution in [3.05, 3.63) is 11.1 Å². The summed E-state index contributed by atoms with van der Waals surface area (Å²) in [4.78, 5) is 21.4. The van der Waals surface area contributed by atoms with Crippen molar-refractivity contribution < 1.29 is 4.79 Å². The molecule has 1 saturated heterocycles. The highest BCUT2D eigenvalue weighted by atomic mass is 32.1. The summed E-state index contributed by atoms with van der Waals surface area (Å²) in [6, 6.07) is 2.60. The van der Waals surface area contributed by atoms with Crippen molar-refractivity contribution in [2.45, 2.75) is 45.2 Å². The molecule has 1 N–H and O–H groups in total. The molecule has 0 spiro atoms. The SMILES string of the molecule is Cc1csc(N2CCN(CC(=O)N[C@](C)(C#N)C3CC3)C[C@H]2C)n1. The fourth-order valence-corrected chi connectivity index (χ4v) is 4.28. The van der Waals surface area contributed by atoms with E-state index in [1.54, 1.807) is 11.3 Å². The first kappa shape index (κ1) is 17.2. The lowest BCUT2D eigenvalue weighted by Gasteiger charge is -2.39. The Morgan fingerprint density at radius 1 is 1.54 bits per heavy atom. The van der Waals surface area contributed by atoms with Gasteiger partial charge in [0.2, 0.25) is 5.91 Å². The van der Waals surface area contributed by atoms with Crippen molar-refractivity contribution >= 4 is 22.4 Å². The van der Waals surface area contributed by atoms with Crippen molar-refractivity contribution in [2.24, 2.45) is 5.92 Å². The number of hydrogen-bond acceptors (Lipinski definition) is 6. The van der Waals surface area contributed by atoms with Gasteiger partial charge in [-0.3, -0.25) is 9.69 Å². The van der Waals surface area contributed by atoms with Crippen LogP contribution < -0.4 is 10.2 Å². The lowest BCUT2D eigenvalue weighted by Crippen LogP contribution is -2.56. The van der Waals surface area contributed by atoms with Gasteiger partial charge in [0.25, 0.3) is 0 Å². The second-order valence-electron chi connectivity index (χ2n) is 7.19. The Labute approximate surface area is 147 Å². The van der Waals surface area contributed by atoms with E-state index in [1.807, 2.05) is 13.8 Å². The molecule has 0 bridgehead atoms. The highest BCUT2D eigenvalue weighted by molar-refractivity contribution is 7.13. The number of hydrogen-bond donors (Lipinski definition) is 1. The molecule has 1 aromatic heterocycles. The van der Waals surface area contributed by atoms with Crippen LogP contribution in [0.5, 0.6) is 0 Å². The number of nitriles is 1. The number of amides is 1.